The Balaban J connectivity index is 1.55. The van der Waals surface area contributed by atoms with E-state index in [1.165, 1.54) is 14.0 Å². The molecule has 1 unspecified atom stereocenters. The van der Waals surface area contributed by atoms with E-state index in [9.17, 15) is 24.3 Å². The predicted octanol–water partition coefficient (Wildman–Crippen LogP) is 2.44. The summed E-state index contributed by atoms with van der Waals surface area (Å²) in [5.74, 6) is -2.70. The third-order valence-corrected chi connectivity index (χ3v) is 5.55. The number of carbonyl (C=O) groups is 4. The van der Waals surface area contributed by atoms with E-state index in [2.05, 4.69) is 15.4 Å². The molecule has 0 aromatic heterocycles. The van der Waals surface area contributed by atoms with Gasteiger partial charge in [0.2, 0.25) is 5.91 Å². The van der Waals surface area contributed by atoms with E-state index in [4.69, 9.17) is 4.74 Å². The van der Waals surface area contributed by atoms with Gasteiger partial charge in [-0.3, -0.25) is 9.59 Å². The van der Waals surface area contributed by atoms with Crippen LogP contribution in [0.4, 0.5) is 4.79 Å². The van der Waals surface area contributed by atoms with Crippen LogP contribution in [0.25, 0.3) is 11.1 Å². The Morgan fingerprint density at radius 2 is 1.55 bits per heavy atom. The Hall–Kier alpha value is -3.88. The maximum Gasteiger partial charge on any atom is 0.407 e. The summed E-state index contributed by atoms with van der Waals surface area (Å²) in [5.41, 5.74) is 4.32. The van der Waals surface area contributed by atoms with Crippen molar-refractivity contribution in [1.82, 2.24) is 10.6 Å². The lowest BCUT2D eigenvalue weighted by molar-refractivity contribution is -0.144. The minimum atomic E-state index is -1.29. The van der Waals surface area contributed by atoms with E-state index in [0.29, 0.717) is 0 Å². The van der Waals surface area contributed by atoms with Crippen molar-refractivity contribution >= 4 is 23.9 Å². The number of nitrogens with one attached hydrogen (secondary N) is 2. The van der Waals surface area contributed by atoms with Gasteiger partial charge in [0, 0.05) is 12.3 Å². The molecule has 2 aromatic rings. The van der Waals surface area contributed by atoms with Crippen molar-refractivity contribution in [1.29, 1.82) is 0 Å². The predicted molar refractivity (Wildman–Crippen MR) is 118 cm³/mol. The van der Waals surface area contributed by atoms with Crippen molar-refractivity contribution in [2.24, 2.45) is 0 Å². The van der Waals surface area contributed by atoms with Gasteiger partial charge in [-0.2, -0.15) is 0 Å². The van der Waals surface area contributed by atoms with Crippen LogP contribution >= 0.6 is 0 Å². The fraction of sp³-hybridized carbons (Fsp3) is 0.333. The number of esters is 1. The van der Waals surface area contributed by atoms with Crippen LogP contribution in [-0.2, 0) is 23.9 Å². The lowest BCUT2D eigenvalue weighted by atomic mass is 9.98. The summed E-state index contributed by atoms with van der Waals surface area (Å²) >= 11 is 0. The number of alkyl carbamates (subject to hydrolysis) is 1. The van der Waals surface area contributed by atoms with E-state index < -0.39 is 36.0 Å². The molecule has 2 atom stereocenters. The Morgan fingerprint density at radius 3 is 2.09 bits per heavy atom. The second-order valence-electron chi connectivity index (χ2n) is 7.71. The fourth-order valence-electron chi connectivity index (χ4n) is 3.80. The van der Waals surface area contributed by atoms with Crippen LogP contribution in [0.2, 0.25) is 0 Å². The van der Waals surface area contributed by atoms with Crippen molar-refractivity contribution in [3.8, 4) is 11.1 Å². The molecule has 33 heavy (non-hydrogen) atoms. The molecular formula is C24H26N2O7. The Morgan fingerprint density at radius 1 is 0.970 bits per heavy atom. The smallest absolute Gasteiger partial charge is 0.407 e. The molecule has 9 nitrogen and oxygen atoms in total. The molecule has 174 valence electrons. The zero-order valence-corrected chi connectivity index (χ0v) is 18.4. The highest BCUT2D eigenvalue weighted by Gasteiger charge is 2.30. The summed E-state index contributed by atoms with van der Waals surface area (Å²) < 4.78 is 9.88. The van der Waals surface area contributed by atoms with Gasteiger partial charge in [0.15, 0.2) is 0 Å². The van der Waals surface area contributed by atoms with Crippen molar-refractivity contribution in [3.05, 3.63) is 59.7 Å². The van der Waals surface area contributed by atoms with Gasteiger partial charge in [0.05, 0.1) is 7.11 Å². The number of hydrogen-bond acceptors (Lipinski definition) is 6. The molecule has 2 amide bonds. The first kappa shape index (κ1) is 23.8. The molecule has 2 aromatic carbocycles. The quantitative estimate of drug-likeness (QED) is 0.496. The van der Waals surface area contributed by atoms with Crippen molar-refractivity contribution < 1.29 is 33.8 Å². The molecule has 0 heterocycles. The Bertz CT molecular complexity index is 1010. The van der Waals surface area contributed by atoms with Gasteiger partial charge in [0.25, 0.3) is 0 Å². The minimum Gasteiger partial charge on any atom is -0.480 e. The highest BCUT2D eigenvalue weighted by molar-refractivity contribution is 5.89. The van der Waals surface area contributed by atoms with Gasteiger partial charge in [-0.05, 0) is 35.6 Å². The van der Waals surface area contributed by atoms with Crippen molar-refractivity contribution in [2.75, 3.05) is 13.7 Å². The number of methoxy groups -OCH3 is 1. The standard InChI is InChI=1S/C24H26N2O7/c1-14(22(28)26-20(23(29)30)11-12-21(27)32-2)25-24(31)33-13-19-17-9-5-3-7-15(17)16-8-4-6-10-18(16)19/h3-10,14,19-20H,11-13H2,1-2H3,(H,25,31)(H,26,28)(H,29,30)/t14?,20-/m1/s1. The molecule has 0 radical (unpaired) electrons. The normalized spacial score (nSPS) is 13.8. The molecular weight excluding hydrogens is 428 g/mol. The molecule has 1 aliphatic rings. The first-order valence-electron chi connectivity index (χ1n) is 10.5. The second kappa shape index (κ2) is 10.6. The number of carboxylic acid groups (broad SMARTS) is 1. The maximum absolute atomic E-state index is 12.3. The third-order valence-electron chi connectivity index (χ3n) is 5.55. The second-order valence-corrected chi connectivity index (χ2v) is 7.71. The molecule has 0 bridgehead atoms. The molecule has 0 spiro atoms. The highest BCUT2D eigenvalue weighted by atomic mass is 16.5. The van der Waals surface area contributed by atoms with E-state index >= 15 is 0 Å². The van der Waals surface area contributed by atoms with Crippen molar-refractivity contribution in [3.63, 3.8) is 0 Å². The SMILES string of the molecule is COC(=O)CC[C@@H](NC(=O)C(C)NC(=O)OCC1c2ccccc2-c2ccccc21)C(=O)O. The van der Waals surface area contributed by atoms with Crippen LogP contribution in [0.3, 0.4) is 0 Å². The monoisotopic (exact) mass is 454 g/mol. The molecule has 3 rings (SSSR count). The number of benzene rings is 2. The van der Waals surface area contributed by atoms with E-state index in [0.717, 1.165) is 22.3 Å². The van der Waals surface area contributed by atoms with Gasteiger partial charge in [-0.15, -0.1) is 0 Å². The van der Waals surface area contributed by atoms with Gasteiger partial charge in [-0.25, -0.2) is 9.59 Å². The molecule has 1 aliphatic carbocycles. The molecule has 0 fully saturated rings. The van der Waals surface area contributed by atoms with Crippen molar-refractivity contribution in [2.45, 2.75) is 37.8 Å². The Labute approximate surface area is 191 Å². The highest BCUT2D eigenvalue weighted by Crippen LogP contribution is 2.44. The first-order valence-corrected chi connectivity index (χ1v) is 10.5. The van der Waals surface area contributed by atoms with Gasteiger partial charge < -0.3 is 25.2 Å². The molecule has 0 saturated heterocycles. The van der Waals surface area contributed by atoms with E-state index in [1.54, 1.807) is 0 Å². The van der Waals surface area contributed by atoms with Crippen LogP contribution in [0, 0.1) is 0 Å². The van der Waals surface area contributed by atoms with Crippen LogP contribution in [-0.4, -0.2) is 54.8 Å². The largest absolute Gasteiger partial charge is 0.480 e. The summed E-state index contributed by atoms with van der Waals surface area (Å²) in [7, 11) is 1.19. The summed E-state index contributed by atoms with van der Waals surface area (Å²) in [6, 6.07) is 13.5. The average Bonchev–Trinajstić information content (AvgIpc) is 3.13. The number of carbonyl (C=O) groups excluding carboxylic acids is 3. The van der Waals surface area contributed by atoms with E-state index in [-0.39, 0.29) is 25.4 Å². The number of amides is 2. The lowest BCUT2D eigenvalue weighted by Gasteiger charge is -2.19. The van der Waals surface area contributed by atoms with E-state index in [1.807, 2.05) is 48.5 Å². The zero-order valence-electron chi connectivity index (χ0n) is 18.4. The zero-order chi connectivity index (χ0) is 24.0. The topological polar surface area (TPSA) is 131 Å². The molecule has 0 aliphatic heterocycles. The third kappa shape index (κ3) is 5.68. The summed E-state index contributed by atoms with van der Waals surface area (Å²) in [4.78, 5) is 47.2. The molecule has 3 N–H and O–H groups in total. The number of rotatable bonds is 9. The summed E-state index contributed by atoms with van der Waals surface area (Å²) in [6.45, 7) is 1.50. The van der Waals surface area contributed by atoms with Crippen LogP contribution in [0.5, 0.6) is 0 Å². The lowest BCUT2D eigenvalue weighted by Crippen LogP contribution is -2.50. The molecule has 0 saturated carbocycles. The number of aliphatic carboxylic acids is 1. The van der Waals surface area contributed by atoms with Crippen LogP contribution in [0.1, 0.15) is 36.8 Å². The van der Waals surface area contributed by atoms with Gasteiger partial charge in [0.1, 0.15) is 18.7 Å². The van der Waals surface area contributed by atoms with Crippen LogP contribution < -0.4 is 10.6 Å². The number of fused-ring (bicyclic) bond motifs is 3. The van der Waals surface area contributed by atoms with Gasteiger partial charge in [-0.1, -0.05) is 48.5 Å². The first-order chi connectivity index (χ1) is 15.8. The number of hydrogen-bond donors (Lipinski definition) is 3. The molecule has 9 heteroatoms. The summed E-state index contributed by atoms with van der Waals surface area (Å²) in [6.07, 6.45) is -1.09. The number of carboxylic acids is 1. The summed E-state index contributed by atoms with van der Waals surface area (Å²) in [5, 5.41) is 14.0. The number of ether oxygens (including phenoxy) is 2. The maximum atomic E-state index is 12.3. The fourth-order valence-corrected chi connectivity index (χ4v) is 3.80. The van der Waals surface area contributed by atoms with Crippen LogP contribution in [0.15, 0.2) is 48.5 Å². The average molecular weight is 454 g/mol. The van der Waals surface area contributed by atoms with Gasteiger partial charge >= 0.3 is 18.0 Å². The minimum absolute atomic E-state index is 0.0884. The Kier molecular flexibility index (Phi) is 7.66.